The number of aryl methyl sites for hydroxylation is 1. The summed E-state index contributed by atoms with van der Waals surface area (Å²) in [5.41, 5.74) is 0.955. The van der Waals surface area contributed by atoms with Crippen molar-refractivity contribution in [1.29, 1.82) is 0 Å². The van der Waals surface area contributed by atoms with Gasteiger partial charge < -0.3 is 29.9 Å². The number of benzene rings is 1. The van der Waals surface area contributed by atoms with Crippen LogP contribution < -0.4 is 5.32 Å². The Bertz CT molecular complexity index is 1600. The number of carbonyl (C=O) groups excluding carboxylic acids is 2. The van der Waals surface area contributed by atoms with Crippen LogP contribution >= 0.6 is 0 Å². The third-order valence-electron chi connectivity index (χ3n) is 7.22. The predicted octanol–water partition coefficient (Wildman–Crippen LogP) is 2.81. The van der Waals surface area contributed by atoms with Crippen LogP contribution in [-0.4, -0.2) is 104 Å². The highest BCUT2D eigenvalue weighted by Crippen LogP contribution is 2.32. The Balaban J connectivity index is 1.20. The van der Waals surface area contributed by atoms with Crippen molar-refractivity contribution >= 4 is 33.9 Å². The summed E-state index contributed by atoms with van der Waals surface area (Å²) in [7, 11) is 3.33. The summed E-state index contributed by atoms with van der Waals surface area (Å²) in [4.78, 5) is 31.9. The van der Waals surface area contributed by atoms with Gasteiger partial charge in [0.2, 0.25) is 5.91 Å². The molecule has 4 rings (SSSR count). The molecule has 0 aliphatic carbocycles. The standard InChI is InChI=1S/C30H38F3N7O6/c1-38(25(41)6-4-3-5-7-26(42)43)13-15-46-17-16-45-14-12-34-29(44)20-8-10-23-22(18-20)27-28(37-39(2)36-27)40(23)24-11-9-21(19-35-24)30(31,32)33/h8-11,18-19,26,42-43H,3-7,12-17H2,1-2H3,(H,34,44). The van der Waals surface area contributed by atoms with Gasteiger partial charge in [0, 0.05) is 50.8 Å². The van der Waals surface area contributed by atoms with E-state index in [0.717, 1.165) is 18.7 Å². The van der Waals surface area contributed by atoms with E-state index in [0.29, 0.717) is 79.7 Å². The van der Waals surface area contributed by atoms with Gasteiger partial charge >= 0.3 is 6.18 Å². The molecule has 3 heterocycles. The van der Waals surface area contributed by atoms with E-state index in [1.165, 1.54) is 10.9 Å². The first-order chi connectivity index (χ1) is 22.0. The molecule has 3 aromatic heterocycles. The summed E-state index contributed by atoms with van der Waals surface area (Å²) < 4.78 is 51.8. The highest BCUT2D eigenvalue weighted by atomic mass is 19.4. The maximum atomic E-state index is 13.0. The summed E-state index contributed by atoms with van der Waals surface area (Å²) in [6.07, 6.45) is -2.23. The number of alkyl halides is 3. The average molecular weight is 650 g/mol. The van der Waals surface area contributed by atoms with Crippen molar-refractivity contribution in [3.63, 3.8) is 0 Å². The zero-order chi connectivity index (χ0) is 33.3. The first kappa shape index (κ1) is 34.7. The van der Waals surface area contributed by atoms with Crippen LogP contribution in [0.5, 0.6) is 0 Å². The van der Waals surface area contributed by atoms with Gasteiger partial charge in [0.05, 0.1) is 37.5 Å². The van der Waals surface area contributed by atoms with Crippen molar-refractivity contribution in [3.05, 3.63) is 47.7 Å². The van der Waals surface area contributed by atoms with Crippen molar-refractivity contribution in [3.8, 4) is 5.82 Å². The summed E-state index contributed by atoms with van der Waals surface area (Å²) in [6.45, 7) is 1.95. The number of unbranched alkanes of at least 4 members (excludes halogenated alkanes) is 2. The average Bonchev–Trinajstić information content (AvgIpc) is 3.53. The number of halogens is 3. The lowest BCUT2D eigenvalue weighted by Crippen LogP contribution is -2.30. The molecule has 1 aromatic carbocycles. The molecule has 2 amide bonds. The Kier molecular flexibility index (Phi) is 12.0. The quantitative estimate of drug-likeness (QED) is 0.116. The van der Waals surface area contributed by atoms with E-state index in [-0.39, 0.29) is 30.8 Å². The molecular weight excluding hydrogens is 611 g/mol. The normalized spacial score (nSPS) is 12.0. The Morgan fingerprint density at radius 3 is 2.48 bits per heavy atom. The van der Waals surface area contributed by atoms with Gasteiger partial charge in [-0.3, -0.25) is 14.2 Å². The zero-order valence-corrected chi connectivity index (χ0v) is 25.7. The van der Waals surface area contributed by atoms with Gasteiger partial charge in [0.15, 0.2) is 11.9 Å². The molecule has 46 heavy (non-hydrogen) atoms. The van der Waals surface area contributed by atoms with Crippen LogP contribution in [0.25, 0.3) is 27.9 Å². The fourth-order valence-electron chi connectivity index (χ4n) is 4.77. The number of rotatable bonds is 17. The van der Waals surface area contributed by atoms with Crippen LogP contribution in [-0.2, 0) is 27.5 Å². The van der Waals surface area contributed by atoms with Gasteiger partial charge in [-0.25, -0.2) is 4.98 Å². The lowest BCUT2D eigenvalue weighted by Gasteiger charge is -2.17. The van der Waals surface area contributed by atoms with Crippen molar-refractivity contribution < 1.29 is 42.4 Å². The largest absolute Gasteiger partial charge is 0.417 e. The second-order valence-corrected chi connectivity index (χ2v) is 10.7. The van der Waals surface area contributed by atoms with Gasteiger partial charge in [0.1, 0.15) is 11.3 Å². The first-order valence-corrected chi connectivity index (χ1v) is 14.9. The summed E-state index contributed by atoms with van der Waals surface area (Å²) in [5.74, 6) is -0.0940. The number of pyridine rings is 1. The number of likely N-dealkylation sites (N-methyl/N-ethyl adjacent to an activating group) is 1. The Morgan fingerprint density at radius 2 is 1.78 bits per heavy atom. The third kappa shape index (κ3) is 9.22. The molecule has 0 aliphatic heterocycles. The molecule has 0 radical (unpaired) electrons. The minimum Gasteiger partial charge on any atom is -0.377 e. The van der Waals surface area contributed by atoms with E-state index in [1.807, 2.05) is 0 Å². The molecule has 0 saturated carbocycles. The second kappa shape index (κ2) is 15.9. The number of carbonyl (C=O) groups is 2. The number of aliphatic hydroxyl groups excluding tert-OH is 1. The molecule has 0 aliphatic rings. The summed E-state index contributed by atoms with van der Waals surface area (Å²) >= 11 is 0. The minimum absolute atomic E-state index is 0.00846. The smallest absolute Gasteiger partial charge is 0.377 e. The van der Waals surface area contributed by atoms with Crippen LogP contribution in [0.4, 0.5) is 13.2 Å². The lowest BCUT2D eigenvalue weighted by molar-refractivity contribution is -0.137. The fraction of sp³-hybridized carbons (Fsp3) is 0.500. The maximum absolute atomic E-state index is 13.0. The van der Waals surface area contributed by atoms with E-state index in [4.69, 9.17) is 19.7 Å². The first-order valence-electron chi connectivity index (χ1n) is 14.9. The molecule has 250 valence electrons. The molecule has 3 N–H and O–H groups in total. The number of nitrogens with one attached hydrogen (secondary N) is 1. The molecule has 0 bridgehead atoms. The van der Waals surface area contributed by atoms with Crippen LogP contribution in [0.1, 0.15) is 48.0 Å². The second-order valence-electron chi connectivity index (χ2n) is 10.7. The number of hydrogen-bond donors (Lipinski definition) is 3. The number of aromatic nitrogens is 5. The van der Waals surface area contributed by atoms with Gasteiger partial charge in [-0.05, 0) is 49.6 Å². The van der Waals surface area contributed by atoms with Crippen LogP contribution in [0.3, 0.4) is 0 Å². The van der Waals surface area contributed by atoms with Gasteiger partial charge in [-0.15, -0.1) is 5.10 Å². The monoisotopic (exact) mass is 649 g/mol. The molecule has 13 nitrogen and oxygen atoms in total. The number of ether oxygens (including phenoxy) is 2. The summed E-state index contributed by atoms with van der Waals surface area (Å²) in [6, 6.07) is 7.16. The van der Waals surface area contributed by atoms with E-state index in [1.54, 1.807) is 41.8 Å². The number of hydrogen-bond acceptors (Lipinski definition) is 9. The van der Waals surface area contributed by atoms with Crippen molar-refractivity contribution in [1.82, 2.24) is 34.8 Å². The van der Waals surface area contributed by atoms with Crippen molar-refractivity contribution in [2.24, 2.45) is 7.05 Å². The molecule has 0 spiro atoms. The molecule has 0 fully saturated rings. The molecular formula is C30H38F3N7O6. The van der Waals surface area contributed by atoms with Crippen LogP contribution in [0.2, 0.25) is 0 Å². The topological polar surface area (TPSA) is 157 Å². The summed E-state index contributed by atoms with van der Waals surface area (Å²) in [5, 5.41) is 29.8. The van der Waals surface area contributed by atoms with Crippen LogP contribution in [0.15, 0.2) is 36.5 Å². The van der Waals surface area contributed by atoms with Gasteiger partial charge in [-0.2, -0.15) is 23.1 Å². The molecule has 4 aromatic rings. The Hall–Kier alpha value is -4.12. The molecule has 16 heteroatoms. The number of fused-ring (bicyclic) bond motifs is 3. The Morgan fingerprint density at radius 1 is 1.02 bits per heavy atom. The minimum atomic E-state index is -4.51. The SMILES string of the molecule is CN(CCOCCOCCNC(=O)c1ccc2c(c1)c1nn(C)nc1n2-c1ccc(C(F)(F)F)cn1)C(=O)CCCCCC(O)O. The molecule has 0 atom stereocenters. The van der Waals surface area contributed by atoms with E-state index in [9.17, 15) is 22.8 Å². The molecule has 0 saturated heterocycles. The number of amides is 2. The lowest BCUT2D eigenvalue weighted by atomic mass is 10.1. The number of nitrogens with zero attached hydrogens (tertiary/aromatic N) is 6. The highest BCUT2D eigenvalue weighted by Gasteiger charge is 2.31. The fourth-order valence-corrected chi connectivity index (χ4v) is 4.77. The number of aliphatic hydroxyl groups is 2. The Labute approximate surface area is 262 Å². The van der Waals surface area contributed by atoms with E-state index in [2.05, 4.69) is 20.5 Å². The van der Waals surface area contributed by atoms with Gasteiger partial charge in [0.25, 0.3) is 5.91 Å². The van der Waals surface area contributed by atoms with E-state index < -0.39 is 18.0 Å². The predicted molar refractivity (Wildman–Crippen MR) is 161 cm³/mol. The van der Waals surface area contributed by atoms with E-state index >= 15 is 0 Å². The van der Waals surface area contributed by atoms with Crippen LogP contribution in [0, 0.1) is 0 Å². The van der Waals surface area contributed by atoms with Crippen molar-refractivity contribution in [2.45, 2.75) is 44.6 Å². The van der Waals surface area contributed by atoms with Crippen molar-refractivity contribution in [2.75, 3.05) is 46.6 Å². The molecule has 0 unspecified atom stereocenters. The maximum Gasteiger partial charge on any atom is 0.417 e. The third-order valence-corrected chi connectivity index (χ3v) is 7.22. The zero-order valence-electron chi connectivity index (χ0n) is 25.7. The van der Waals surface area contributed by atoms with Gasteiger partial charge in [-0.1, -0.05) is 6.42 Å². The highest BCUT2D eigenvalue weighted by molar-refractivity contribution is 6.08.